The second-order valence-corrected chi connectivity index (χ2v) is 3.16. The first kappa shape index (κ1) is 3.94. The lowest BCUT2D eigenvalue weighted by atomic mass is 10.1. The molecule has 0 nitrogen and oxygen atoms in total. The molecule has 1 radical (unpaired) electrons. The van der Waals surface area contributed by atoms with E-state index in [2.05, 4.69) is 6.92 Å². The Morgan fingerprint density at radius 3 is 2.57 bits per heavy atom. The Labute approximate surface area is 44.9 Å². The molecule has 2 aliphatic carbocycles. The monoisotopic (exact) mass is 95.1 g/mol. The van der Waals surface area contributed by atoms with Gasteiger partial charge in [0.15, 0.2) is 0 Å². The lowest BCUT2D eigenvalue weighted by Crippen LogP contribution is -1.86. The molecule has 0 aromatic carbocycles. The number of rotatable bonds is 0. The molecule has 7 heavy (non-hydrogen) atoms. The average molecular weight is 95.2 g/mol. The Hall–Kier alpha value is 0. The summed E-state index contributed by atoms with van der Waals surface area (Å²) >= 11 is 0. The fourth-order valence-electron chi connectivity index (χ4n) is 1.85. The fourth-order valence-corrected chi connectivity index (χ4v) is 1.85. The van der Waals surface area contributed by atoms with Crippen LogP contribution in [0.2, 0.25) is 0 Å². The van der Waals surface area contributed by atoms with Crippen molar-refractivity contribution in [2.24, 2.45) is 11.3 Å². The standard InChI is InChI=1S/C7H11/c1-7-4-2-3-6(7)5-7/h6H,1-5H2. The van der Waals surface area contributed by atoms with Crippen molar-refractivity contribution in [1.82, 2.24) is 0 Å². The molecular formula is C7H11. The summed E-state index contributed by atoms with van der Waals surface area (Å²) in [6.07, 6.45) is 5.78. The van der Waals surface area contributed by atoms with E-state index in [1.165, 1.54) is 25.7 Å². The minimum absolute atomic E-state index is 0.611. The molecule has 0 aromatic heterocycles. The fraction of sp³-hybridized carbons (Fsp3) is 0.857. The molecule has 0 amide bonds. The molecule has 2 aliphatic rings. The van der Waals surface area contributed by atoms with Crippen molar-refractivity contribution in [3.05, 3.63) is 6.92 Å². The third kappa shape index (κ3) is 0.375. The molecule has 2 unspecified atom stereocenters. The summed E-state index contributed by atoms with van der Waals surface area (Å²) in [6, 6.07) is 0. The van der Waals surface area contributed by atoms with Crippen molar-refractivity contribution in [1.29, 1.82) is 0 Å². The molecule has 39 valence electrons. The zero-order valence-corrected chi connectivity index (χ0v) is 4.61. The van der Waals surface area contributed by atoms with Crippen LogP contribution < -0.4 is 0 Å². The quantitative estimate of drug-likeness (QED) is 0.431. The van der Waals surface area contributed by atoms with Gasteiger partial charge in [0, 0.05) is 0 Å². The van der Waals surface area contributed by atoms with Crippen LogP contribution in [0.5, 0.6) is 0 Å². The lowest BCUT2D eigenvalue weighted by molar-refractivity contribution is 0.615. The molecule has 0 aromatic rings. The van der Waals surface area contributed by atoms with Crippen LogP contribution in [0.25, 0.3) is 0 Å². The van der Waals surface area contributed by atoms with Crippen LogP contribution in [0.4, 0.5) is 0 Å². The van der Waals surface area contributed by atoms with Gasteiger partial charge in [0.2, 0.25) is 0 Å². The summed E-state index contributed by atoms with van der Waals surface area (Å²) in [7, 11) is 0. The molecule has 0 heterocycles. The van der Waals surface area contributed by atoms with Gasteiger partial charge in [0.05, 0.1) is 0 Å². The van der Waals surface area contributed by atoms with E-state index in [0.717, 1.165) is 5.92 Å². The summed E-state index contributed by atoms with van der Waals surface area (Å²) in [6.45, 7) is 4.14. The Balaban J connectivity index is 2.17. The van der Waals surface area contributed by atoms with E-state index < -0.39 is 0 Å². The minimum atomic E-state index is 0.611. The largest absolute Gasteiger partial charge is 0.0525 e. The van der Waals surface area contributed by atoms with Crippen LogP contribution in [0.3, 0.4) is 0 Å². The summed E-state index contributed by atoms with van der Waals surface area (Å²) in [5.74, 6) is 1.05. The highest BCUT2D eigenvalue weighted by atomic mass is 14.6. The molecule has 2 fully saturated rings. The van der Waals surface area contributed by atoms with Crippen molar-refractivity contribution >= 4 is 0 Å². The van der Waals surface area contributed by atoms with Gasteiger partial charge < -0.3 is 0 Å². The van der Waals surface area contributed by atoms with E-state index in [-0.39, 0.29) is 0 Å². The normalized spacial score (nSPS) is 57.0. The zero-order valence-electron chi connectivity index (χ0n) is 4.61. The maximum absolute atomic E-state index is 4.14. The van der Waals surface area contributed by atoms with E-state index in [1.54, 1.807) is 0 Å². The summed E-state index contributed by atoms with van der Waals surface area (Å²) in [5.41, 5.74) is 0.611. The van der Waals surface area contributed by atoms with Crippen LogP contribution in [0.1, 0.15) is 25.7 Å². The molecular weight excluding hydrogens is 84.1 g/mol. The predicted molar refractivity (Wildman–Crippen MR) is 29.7 cm³/mol. The number of hydrogen-bond donors (Lipinski definition) is 0. The van der Waals surface area contributed by atoms with Gasteiger partial charge in [0.1, 0.15) is 0 Å². The van der Waals surface area contributed by atoms with Gasteiger partial charge in [-0.25, -0.2) is 0 Å². The minimum Gasteiger partial charge on any atom is -0.0525 e. The smallest absolute Gasteiger partial charge is 0.0266 e. The van der Waals surface area contributed by atoms with Crippen molar-refractivity contribution < 1.29 is 0 Å². The number of hydrogen-bond acceptors (Lipinski definition) is 0. The van der Waals surface area contributed by atoms with Gasteiger partial charge in [-0.1, -0.05) is 6.42 Å². The average Bonchev–Trinajstić information content (AvgIpc) is 2.09. The number of fused-ring (bicyclic) bond motifs is 1. The van der Waals surface area contributed by atoms with Crippen molar-refractivity contribution in [2.75, 3.05) is 0 Å². The topological polar surface area (TPSA) is 0 Å². The molecule has 0 spiro atoms. The summed E-state index contributed by atoms with van der Waals surface area (Å²) in [5, 5.41) is 0. The van der Waals surface area contributed by atoms with Gasteiger partial charge in [-0.2, -0.15) is 0 Å². The molecule has 2 rings (SSSR count). The van der Waals surface area contributed by atoms with Crippen LogP contribution >= 0.6 is 0 Å². The van der Waals surface area contributed by atoms with E-state index in [0.29, 0.717) is 5.41 Å². The van der Waals surface area contributed by atoms with Gasteiger partial charge in [-0.05, 0) is 37.5 Å². The third-order valence-electron chi connectivity index (χ3n) is 2.59. The highest BCUT2D eigenvalue weighted by molar-refractivity contribution is 5.07. The molecule has 0 bridgehead atoms. The van der Waals surface area contributed by atoms with Crippen molar-refractivity contribution in [3.63, 3.8) is 0 Å². The van der Waals surface area contributed by atoms with Gasteiger partial charge >= 0.3 is 0 Å². The Kier molecular flexibility index (Phi) is 0.499. The van der Waals surface area contributed by atoms with Crippen molar-refractivity contribution in [3.8, 4) is 0 Å². The lowest BCUT2D eigenvalue weighted by Gasteiger charge is -1.96. The highest BCUT2D eigenvalue weighted by Crippen LogP contribution is 2.62. The highest BCUT2D eigenvalue weighted by Gasteiger charge is 2.52. The molecule has 0 aliphatic heterocycles. The zero-order chi connectivity index (χ0) is 4.91. The van der Waals surface area contributed by atoms with Gasteiger partial charge in [-0.15, -0.1) is 0 Å². The van der Waals surface area contributed by atoms with E-state index >= 15 is 0 Å². The van der Waals surface area contributed by atoms with E-state index in [4.69, 9.17) is 0 Å². The Bertz CT molecular complexity index is 94.2. The Morgan fingerprint density at radius 2 is 2.43 bits per heavy atom. The first-order valence-corrected chi connectivity index (χ1v) is 3.17. The van der Waals surface area contributed by atoms with E-state index in [9.17, 15) is 0 Å². The maximum atomic E-state index is 4.14. The SMILES string of the molecule is [CH2]C12CCCC1C2. The Morgan fingerprint density at radius 1 is 1.57 bits per heavy atom. The predicted octanol–water partition coefficient (Wildman–Crippen LogP) is 2.01. The second kappa shape index (κ2) is 0.888. The van der Waals surface area contributed by atoms with Gasteiger partial charge in [-0.3, -0.25) is 0 Å². The third-order valence-corrected chi connectivity index (χ3v) is 2.59. The maximum Gasteiger partial charge on any atom is -0.0266 e. The molecule has 0 heteroatoms. The van der Waals surface area contributed by atoms with Crippen LogP contribution in [0, 0.1) is 18.3 Å². The summed E-state index contributed by atoms with van der Waals surface area (Å²) in [4.78, 5) is 0. The first-order chi connectivity index (χ1) is 3.31. The van der Waals surface area contributed by atoms with Crippen LogP contribution in [0.15, 0.2) is 0 Å². The first-order valence-electron chi connectivity index (χ1n) is 3.17. The molecule has 2 atom stereocenters. The molecule has 0 saturated heterocycles. The van der Waals surface area contributed by atoms with Crippen LogP contribution in [-0.2, 0) is 0 Å². The van der Waals surface area contributed by atoms with Crippen molar-refractivity contribution in [2.45, 2.75) is 25.7 Å². The molecule has 0 N–H and O–H groups in total. The summed E-state index contributed by atoms with van der Waals surface area (Å²) < 4.78 is 0. The molecule has 2 saturated carbocycles. The van der Waals surface area contributed by atoms with Gasteiger partial charge in [0.25, 0.3) is 0 Å². The van der Waals surface area contributed by atoms with Crippen LogP contribution in [-0.4, -0.2) is 0 Å². The van der Waals surface area contributed by atoms with E-state index in [1.807, 2.05) is 0 Å². The second-order valence-electron chi connectivity index (χ2n) is 3.16.